The van der Waals surface area contributed by atoms with Gasteiger partial charge in [0, 0.05) is 22.7 Å². The average molecular weight is 439 g/mol. The molecule has 166 valence electrons. The van der Waals surface area contributed by atoms with E-state index >= 15 is 0 Å². The maximum Gasteiger partial charge on any atom is 0.367 e. The van der Waals surface area contributed by atoms with Gasteiger partial charge in [-0.05, 0) is 59.7 Å². The van der Waals surface area contributed by atoms with Gasteiger partial charge in [-0.3, -0.25) is 14.2 Å². The van der Waals surface area contributed by atoms with Crippen molar-refractivity contribution in [3.8, 4) is 5.75 Å². The molecule has 0 saturated heterocycles. The third kappa shape index (κ3) is 6.42. The van der Waals surface area contributed by atoms with Crippen molar-refractivity contribution in [1.82, 2.24) is 4.57 Å². The maximum absolute atomic E-state index is 12.6. The van der Waals surface area contributed by atoms with Crippen LogP contribution in [0.2, 0.25) is 0 Å². The Morgan fingerprint density at radius 1 is 1.10 bits per heavy atom. The second-order valence-corrected chi connectivity index (χ2v) is 9.71. The lowest BCUT2D eigenvalue weighted by atomic mass is 10.1. The molecule has 0 saturated carbocycles. The number of rotatable bonds is 10. The first kappa shape index (κ1) is 24.1. The summed E-state index contributed by atoms with van der Waals surface area (Å²) in [6.45, 7) is 10.8. The summed E-state index contributed by atoms with van der Waals surface area (Å²) in [7, 11) is -3.37. The quantitative estimate of drug-likeness (QED) is 0.299. The third-order valence-corrected chi connectivity index (χ3v) is 5.74. The highest BCUT2D eigenvalue weighted by atomic mass is 31.2. The molecule has 0 aliphatic heterocycles. The summed E-state index contributed by atoms with van der Waals surface area (Å²) in [6.07, 6.45) is 1.39. The van der Waals surface area contributed by atoms with E-state index in [-0.39, 0.29) is 31.9 Å². The molecule has 1 aromatic heterocycles. The number of ether oxygens (including phenoxy) is 2. The van der Waals surface area contributed by atoms with Crippen LogP contribution in [0.15, 0.2) is 24.4 Å². The highest BCUT2D eigenvalue weighted by Gasteiger charge is 2.25. The lowest BCUT2D eigenvalue weighted by molar-refractivity contribution is -0.155. The lowest BCUT2D eigenvalue weighted by Gasteiger charge is -2.19. The standard InChI is InChI=1S/C21H30NO7P/c1-7-27-30(25,28-8-2)14-26-16-9-10-19-17(11-16)18(15(3)23)12-22(19)13-20(24)29-21(4,5)6/h9-12H,7-8,13-14H2,1-6H3. The number of esters is 1. The van der Waals surface area contributed by atoms with Crippen LogP contribution in [0.5, 0.6) is 5.75 Å². The predicted molar refractivity (Wildman–Crippen MR) is 114 cm³/mol. The molecule has 0 spiro atoms. The SMILES string of the molecule is CCOP(=O)(COc1ccc2c(c1)c(C(C)=O)cn2CC(=O)OC(C)(C)C)OCC. The van der Waals surface area contributed by atoms with Crippen molar-refractivity contribution in [2.45, 2.75) is 53.7 Å². The van der Waals surface area contributed by atoms with Gasteiger partial charge in [-0.15, -0.1) is 0 Å². The fourth-order valence-electron chi connectivity index (χ4n) is 2.95. The zero-order valence-electron chi connectivity index (χ0n) is 18.4. The molecule has 0 bridgehead atoms. The van der Waals surface area contributed by atoms with Gasteiger partial charge < -0.3 is 23.1 Å². The summed E-state index contributed by atoms with van der Waals surface area (Å²) in [5, 5.41) is 0.631. The largest absolute Gasteiger partial charge is 0.481 e. The van der Waals surface area contributed by atoms with Gasteiger partial charge in [0.2, 0.25) is 0 Å². The Balaban J connectivity index is 2.30. The Morgan fingerprint density at radius 2 is 1.73 bits per heavy atom. The third-order valence-electron chi connectivity index (χ3n) is 3.99. The van der Waals surface area contributed by atoms with Crippen molar-refractivity contribution in [3.63, 3.8) is 0 Å². The van der Waals surface area contributed by atoms with Crippen LogP contribution in [0, 0.1) is 0 Å². The van der Waals surface area contributed by atoms with Crippen LogP contribution in [0.3, 0.4) is 0 Å². The summed E-state index contributed by atoms with van der Waals surface area (Å²) in [6, 6.07) is 5.10. The van der Waals surface area contributed by atoms with E-state index in [4.69, 9.17) is 18.5 Å². The molecular weight excluding hydrogens is 409 g/mol. The number of hydrogen-bond donors (Lipinski definition) is 0. The predicted octanol–water partition coefficient (Wildman–Crippen LogP) is 4.79. The Labute approximate surface area is 177 Å². The number of carbonyl (C=O) groups is 2. The van der Waals surface area contributed by atoms with E-state index in [9.17, 15) is 14.2 Å². The molecule has 0 fully saturated rings. The molecular formula is C21H30NO7P. The zero-order chi connectivity index (χ0) is 22.5. The summed E-state index contributed by atoms with van der Waals surface area (Å²) >= 11 is 0. The molecule has 0 atom stereocenters. The van der Waals surface area contributed by atoms with Crippen molar-refractivity contribution in [1.29, 1.82) is 0 Å². The Morgan fingerprint density at radius 3 is 2.27 bits per heavy atom. The monoisotopic (exact) mass is 439 g/mol. The zero-order valence-corrected chi connectivity index (χ0v) is 19.3. The van der Waals surface area contributed by atoms with Gasteiger partial charge in [-0.25, -0.2) is 0 Å². The number of ketones is 1. The van der Waals surface area contributed by atoms with Crippen LogP contribution >= 0.6 is 7.60 Å². The first-order chi connectivity index (χ1) is 14.0. The summed E-state index contributed by atoms with van der Waals surface area (Å²) < 4.78 is 35.7. The van der Waals surface area contributed by atoms with Crippen molar-refractivity contribution < 1.29 is 32.7 Å². The Hall–Kier alpha value is -2.15. The summed E-state index contributed by atoms with van der Waals surface area (Å²) in [4.78, 5) is 24.4. The minimum atomic E-state index is -3.37. The van der Waals surface area contributed by atoms with Gasteiger partial charge in [0.25, 0.3) is 0 Å². The first-order valence-electron chi connectivity index (χ1n) is 9.84. The van der Waals surface area contributed by atoms with Gasteiger partial charge in [-0.1, -0.05) is 0 Å². The van der Waals surface area contributed by atoms with E-state index in [0.717, 1.165) is 0 Å². The molecule has 1 heterocycles. The van der Waals surface area contributed by atoms with Gasteiger partial charge in [-0.2, -0.15) is 0 Å². The van der Waals surface area contributed by atoms with Crippen LogP contribution in [-0.2, 0) is 29.7 Å². The number of benzene rings is 1. The smallest absolute Gasteiger partial charge is 0.367 e. The number of nitrogens with zero attached hydrogens (tertiary/aromatic N) is 1. The molecule has 0 N–H and O–H groups in total. The van der Waals surface area contributed by atoms with Gasteiger partial charge in [0.15, 0.2) is 12.1 Å². The number of hydrogen-bond acceptors (Lipinski definition) is 7. The summed E-state index contributed by atoms with van der Waals surface area (Å²) in [5.41, 5.74) is 0.549. The van der Waals surface area contributed by atoms with E-state index in [1.165, 1.54) is 6.92 Å². The normalized spacial score (nSPS) is 12.2. The molecule has 2 rings (SSSR count). The molecule has 9 heteroatoms. The first-order valence-corrected chi connectivity index (χ1v) is 11.6. The number of aromatic nitrogens is 1. The maximum atomic E-state index is 12.6. The van der Waals surface area contributed by atoms with Crippen molar-refractivity contribution in [2.24, 2.45) is 0 Å². The highest BCUT2D eigenvalue weighted by molar-refractivity contribution is 7.53. The molecule has 0 amide bonds. The molecule has 2 aromatic rings. The van der Waals surface area contributed by atoms with Crippen LogP contribution in [-0.4, -0.2) is 41.5 Å². The minimum absolute atomic E-state index is 0.0227. The molecule has 1 aromatic carbocycles. The van der Waals surface area contributed by atoms with E-state index in [1.807, 2.05) is 0 Å². The molecule has 0 aliphatic carbocycles. The van der Waals surface area contributed by atoms with Gasteiger partial charge in [0.1, 0.15) is 17.9 Å². The van der Waals surface area contributed by atoms with Gasteiger partial charge in [0.05, 0.1) is 13.2 Å². The summed E-state index contributed by atoms with van der Waals surface area (Å²) in [5.74, 6) is -0.127. The Bertz CT molecular complexity index is 948. The van der Waals surface area contributed by atoms with E-state index in [0.29, 0.717) is 22.2 Å². The van der Waals surface area contributed by atoms with Crippen molar-refractivity contribution in [2.75, 3.05) is 19.6 Å². The van der Waals surface area contributed by atoms with Crippen LogP contribution in [0.1, 0.15) is 51.9 Å². The fraction of sp³-hybridized carbons (Fsp3) is 0.524. The van der Waals surface area contributed by atoms with Gasteiger partial charge >= 0.3 is 13.6 Å². The van der Waals surface area contributed by atoms with E-state index in [2.05, 4.69) is 0 Å². The second-order valence-electron chi connectivity index (χ2n) is 7.71. The molecule has 0 unspecified atom stereocenters. The number of carbonyl (C=O) groups excluding carboxylic acids is 2. The fourth-order valence-corrected chi connectivity index (χ4v) is 4.27. The number of fused-ring (bicyclic) bond motifs is 1. The van der Waals surface area contributed by atoms with Crippen LogP contribution in [0.25, 0.3) is 10.9 Å². The number of Topliss-reactive ketones (excluding diaryl/α,β-unsaturated/α-hetero) is 1. The van der Waals surface area contributed by atoms with E-state index < -0.39 is 19.2 Å². The molecule has 30 heavy (non-hydrogen) atoms. The molecule has 0 radical (unpaired) electrons. The van der Waals surface area contributed by atoms with Crippen molar-refractivity contribution >= 4 is 30.3 Å². The lowest BCUT2D eigenvalue weighted by Crippen LogP contribution is -2.26. The van der Waals surface area contributed by atoms with Crippen molar-refractivity contribution in [3.05, 3.63) is 30.0 Å². The van der Waals surface area contributed by atoms with Crippen LogP contribution in [0.4, 0.5) is 0 Å². The highest BCUT2D eigenvalue weighted by Crippen LogP contribution is 2.48. The average Bonchev–Trinajstić information content (AvgIpc) is 2.97. The van der Waals surface area contributed by atoms with E-state index in [1.54, 1.807) is 63.6 Å². The Kier molecular flexibility index (Phi) is 7.86. The second kappa shape index (κ2) is 9.77. The van der Waals surface area contributed by atoms with Crippen LogP contribution < -0.4 is 4.74 Å². The minimum Gasteiger partial charge on any atom is -0.481 e. The molecule has 0 aliphatic rings. The molecule has 8 nitrogen and oxygen atoms in total. The topological polar surface area (TPSA) is 93.1 Å².